The summed E-state index contributed by atoms with van der Waals surface area (Å²) in [4.78, 5) is 35.4. The van der Waals surface area contributed by atoms with E-state index >= 15 is 0 Å². The van der Waals surface area contributed by atoms with Crippen molar-refractivity contribution in [1.29, 1.82) is 0 Å². The van der Waals surface area contributed by atoms with Gasteiger partial charge in [-0.25, -0.2) is 4.79 Å². The van der Waals surface area contributed by atoms with E-state index in [1.54, 1.807) is 6.92 Å². The molecule has 1 amide bonds. The van der Waals surface area contributed by atoms with Crippen LogP contribution in [0.2, 0.25) is 0 Å². The number of methoxy groups -OCH3 is 1. The van der Waals surface area contributed by atoms with Crippen LogP contribution in [0.3, 0.4) is 0 Å². The molecule has 0 fully saturated rings. The van der Waals surface area contributed by atoms with Crippen LogP contribution in [-0.4, -0.2) is 37.3 Å². The van der Waals surface area contributed by atoms with E-state index < -0.39 is 17.8 Å². The number of amides is 1. The number of hydrazone groups is 1. The first kappa shape index (κ1) is 25.1. The minimum Gasteiger partial charge on any atom is -0.466 e. The molecule has 0 aromatic heterocycles. The van der Waals surface area contributed by atoms with E-state index in [-0.39, 0.29) is 41.3 Å². The van der Waals surface area contributed by atoms with Crippen LogP contribution in [0.5, 0.6) is 0 Å². The largest absolute Gasteiger partial charge is 0.466 e. The van der Waals surface area contributed by atoms with E-state index in [9.17, 15) is 14.4 Å². The van der Waals surface area contributed by atoms with E-state index in [1.807, 2.05) is 18.2 Å². The zero-order chi connectivity index (χ0) is 24.5. The molecule has 4 N–H and O–H groups in total. The van der Waals surface area contributed by atoms with Gasteiger partial charge in [-0.05, 0) is 43.2 Å². The molecule has 1 aliphatic heterocycles. The lowest BCUT2D eigenvalue weighted by molar-refractivity contribution is -0.141. The Hall–Kier alpha value is -4.14. The molecular weight excluding hydrogens is 424 g/mol. The number of para-hydroxylation sites is 1. The monoisotopic (exact) mass is 452 g/mol. The molecule has 0 aliphatic carbocycles. The number of nitrogen functional groups attached to an aromatic ring is 2. The van der Waals surface area contributed by atoms with Gasteiger partial charge in [-0.2, -0.15) is 10.1 Å². The van der Waals surface area contributed by atoms with Crippen LogP contribution >= 0.6 is 0 Å². The molecule has 9 nitrogen and oxygen atoms in total. The molecule has 2 aromatic carbocycles. The Morgan fingerprint density at radius 3 is 2.33 bits per heavy atom. The third kappa shape index (κ3) is 6.19. The maximum Gasteiger partial charge on any atom is 0.337 e. The summed E-state index contributed by atoms with van der Waals surface area (Å²) in [6.07, 6.45) is 0.863. The molecular formula is C24H28N4O5. The summed E-state index contributed by atoms with van der Waals surface area (Å²) >= 11 is 0. The number of nitrogens with zero attached hydrogens (tertiary/aromatic N) is 2. The molecule has 2 aromatic rings. The molecule has 0 unspecified atom stereocenters. The van der Waals surface area contributed by atoms with Crippen LogP contribution in [0.1, 0.15) is 36.2 Å². The molecule has 1 aliphatic rings. The third-order valence-corrected chi connectivity index (χ3v) is 4.75. The van der Waals surface area contributed by atoms with Gasteiger partial charge in [0.1, 0.15) is 0 Å². The van der Waals surface area contributed by atoms with Gasteiger partial charge in [0.2, 0.25) is 0 Å². The number of nitrogens with two attached hydrogens (primary N) is 2. The van der Waals surface area contributed by atoms with Crippen LogP contribution in [-0.2, 0) is 25.5 Å². The standard InChI is InChI=1S/C16H17N3O5.C8H11N/c1-4-24-14(20)8-12-9(2)15(21)19(18-12)13-6-5-10(7-11(13)17)16(22)23-3;1-2-7-5-3-4-6-8(7)9/h5-7H,2,4,8,17H2,1,3H3;3-6H,2,9H2,1H3. The Labute approximate surface area is 192 Å². The van der Waals surface area contributed by atoms with Gasteiger partial charge in [-0.1, -0.05) is 31.7 Å². The predicted molar refractivity (Wildman–Crippen MR) is 128 cm³/mol. The summed E-state index contributed by atoms with van der Waals surface area (Å²) in [6.45, 7) is 7.67. The second-order valence-electron chi connectivity index (χ2n) is 6.94. The highest BCUT2D eigenvalue weighted by Gasteiger charge is 2.32. The zero-order valence-corrected chi connectivity index (χ0v) is 19.0. The van der Waals surface area contributed by atoms with Crippen molar-refractivity contribution < 1.29 is 23.9 Å². The van der Waals surface area contributed by atoms with Crippen molar-refractivity contribution in [3.63, 3.8) is 0 Å². The lowest BCUT2D eigenvalue weighted by Crippen LogP contribution is -2.22. The number of esters is 2. The summed E-state index contributed by atoms with van der Waals surface area (Å²) in [5.74, 6) is -1.54. The minimum absolute atomic E-state index is 0.0968. The first-order valence-corrected chi connectivity index (χ1v) is 10.3. The smallest absolute Gasteiger partial charge is 0.337 e. The van der Waals surface area contributed by atoms with Crippen molar-refractivity contribution in [1.82, 2.24) is 0 Å². The Morgan fingerprint density at radius 2 is 1.79 bits per heavy atom. The molecule has 174 valence electrons. The Bertz CT molecular complexity index is 1090. The molecule has 1 heterocycles. The number of ether oxygens (including phenoxy) is 2. The first-order chi connectivity index (χ1) is 15.7. The summed E-state index contributed by atoms with van der Waals surface area (Å²) < 4.78 is 9.45. The van der Waals surface area contributed by atoms with Crippen molar-refractivity contribution in [3.8, 4) is 0 Å². The SMILES string of the molecule is C=C1C(=O)N(c2ccc(C(=O)OC)cc2N)N=C1CC(=O)OCC.CCc1ccccc1N. The van der Waals surface area contributed by atoms with Crippen molar-refractivity contribution in [2.75, 3.05) is 30.2 Å². The fourth-order valence-electron chi connectivity index (χ4n) is 2.98. The van der Waals surface area contributed by atoms with Crippen molar-refractivity contribution in [2.24, 2.45) is 5.10 Å². The molecule has 0 saturated carbocycles. The quantitative estimate of drug-likeness (QED) is 0.390. The summed E-state index contributed by atoms with van der Waals surface area (Å²) in [7, 11) is 1.26. The van der Waals surface area contributed by atoms with E-state index in [0.29, 0.717) is 0 Å². The minimum atomic E-state index is -0.545. The molecule has 0 radical (unpaired) electrons. The Kier molecular flexibility index (Phi) is 8.73. The topological polar surface area (TPSA) is 137 Å². The number of carbonyl (C=O) groups is 3. The fraction of sp³-hybridized carbons (Fsp3) is 0.250. The number of carbonyl (C=O) groups excluding carboxylic acids is 3. The van der Waals surface area contributed by atoms with Crippen LogP contribution in [0, 0.1) is 0 Å². The van der Waals surface area contributed by atoms with E-state index in [1.165, 1.54) is 30.9 Å². The molecule has 0 spiro atoms. The van der Waals surface area contributed by atoms with E-state index in [2.05, 4.69) is 29.4 Å². The maximum atomic E-state index is 12.3. The van der Waals surface area contributed by atoms with Gasteiger partial charge in [-0.15, -0.1) is 0 Å². The highest BCUT2D eigenvalue weighted by Crippen LogP contribution is 2.30. The van der Waals surface area contributed by atoms with Gasteiger partial charge in [0.05, 0.1) is 48.4 Å². The highest BCUT2D eigenvalue weighted by molar-refractivity contribution is 6.32. The molecule has 0 atom stereocenters. The lowest BCUT2D eigenvalue weighted by Gasteiger charge is -2.14. The van der Waals surface area contributed by atoms with Crippen molar-refractivity contribution >= 4 is 40.6 Å². The van der Waals surface area contributed by atoms with Gasteiger partial charge >= 0.3 is 11.9 Å². The number of rotatable bonds is 6. The normalized spacial score (nSPS) is 12.6. The second kappa shape index (κ2) is 11.5. The Balaban J connectivity index is 0.000000357. The summed E-state index contributed by atoms with van der Waals surface area (Å²) in [6, 6.07) is 12.3. The van der Waals surface area contributed by atoms with Gasteiger partial charge < -0.3 is 20.9 Å². The van der Waals surface area contributed by atoms with Gasteiger partial charge in [0.25, 0.3) is 5.91 Å². The summed E-state index contributed by atoms with van der Waals surface area (Å²) in [5.41, 5.74) is 14.7. The van der Waals surface area contributed by atoms with Crippen LogP contribution < -0.4 is 16.5 Å². The maximum absolute atomic E-state index is 12.3. The first-order valence-electron chi connectivity index (χ1n) is 10.3. The zero-order valence-electron chi connectivity index (χ0n) is 19.0. The lowest BCUT2D eigenvalue weighted by atomic mass is 10.1. The predicted octanol–water partition coefficient (Wildman–Crippen LogP) is 3.10. The molecule has 0 bridgehead atoms. The average Bonchev–Trinajstić information content (AvgIpc) is 3.07. The van der Waals surface area contributed by atoms with Gasteiger partial charge in [0, 0.05) is 5.69 Å². The number of anilines is 3. The van der Waals surface area contributed by atoms with Crippen LogP contribution in [0.15, 0.2) is 59.7 Å². The fourth-order valence-corrected chi connectivity index (χ4v) is 2.98. The third-order valence-electron chi connectivity index (χ3n) is 4.75. The van der Waals surface area contributed by atoms with E-state index in [4.69, 9.17) is 16.2 Å². The second-order valence-corrected chi connectivity index (χ2v) is 6.94. The number of aryl methyl sites for hydroxylation is 1. The van der Waals surface area contributed by atoms with Gasteiger partial charge in [-0.3, -0.25) is 9.59 Å². The van der Waals surface area contributed by atoms with E-state index in [0.717, 1.165) is 17.1 Å². The Morgan fingerprint density at radius 1 is 1.09 bits per heavy atom. The van der Waals surface area contributed by atoms with Crippen LogP contribution in [0.4, 0.5) is 17.1 Å². The van der Waals surface area contributed by atoms with Crippen molar-refractivity contribution in [2.45, 2.75) is 26.7 Å². The molecule has 0 saturated heterocycles. The van der Waals surface area contributed by atoms with Crippen LogP contribution in [0.25, 0.3) is 0 Å². The molecule has 33 heavy (non-hydrogen) atoms. The molecule has 9 heteroatoms. The number of hydrogen-bond acceptors (Lipinski definition) is 8. The van der Waals surface area contributed by atoms with Crippen molar-refractivity contribution in [3.05, 3.63) is 65.7 Å². The number of benzene rings is 2. The van der Waals surface area contributed by atoms with Gasteiger partial charge in [0.15, 0.2) is 0 Å². The average molecular weight is 453 g/mol. The highest BCUT2D eigenvalue weighted by atomic mass is 16.5. The molecule has 3 rings (SSSR count). The summed E-state index contributed by atoms with van der Waals surface area (Å²) in [5, 5.41) is 5.15. The number of hydrogen-bond donors (Lipinski definition) is 2.